The quantitative estimate of drug-likeness (QED) is 0.624. The summed E-state index contributed by atoms with van der Waals surface area (Å²) in [4.78, 5) is 24.8. The number of ether oxygens (including phenoxy) is 3. The second kappa shape index (κ2) is 10.3. The van der Waals surface area contributed by atoms with E-state index in [0.29, 0.717) is 28.6 Å². The Bertz CT molecular complexity index is 864. The number of halogens is 1. The first-order chi connectivity index (χ1) is 13.7. The standard InChI is InChI=1S/C22H26ClNO5/c1-13(2)28-12-16-6-8-17(9-7-16)22(26)29-15(4)21(25)24-19-10-14(3)18(23)11-20(19)27-5/h6-11,13,15H,12H2,1-5H3,(H,24,25)/t15-/m1/s1. The molecular weight excluding hydrogens is 394 g/mol. The van der Waals surface area contributed by atoms with E-state index in [2.05, 4.69) is 5.32 Å². The Hall–Kier alpha value is -2.57. The molecule has 2 aromatic carbocycles. The van der Waals surface area contributed by atoms with Crippen LogP contribution in [-0.2, 0) is 20.9 Å². The highest BCUT2D eigenvalue weighted by Gasteiger charge is 2.20. The minimum Gasteiger partial charge on any atom is -0.495 e. The van der Waals surface area contributed by atoms with E-state index in [9.17, 15) is 9.59 Å². The number of rotatable bonds is 8. The molecular formula is C22H26ClNO5. The molecule has 0 spiro atoms. The van der Waals surface area contributed by atoms with Crippen molar-refractivity contribution in [1.82, 2.24) is 0 Å². The van der Waals surface area contributed by atoms with E-state index < -0.39 is 18.0 Å². The van der Waals surface area contributed by atoms with E-state index in [4.69, 9.17) is 25.8 Å². The average Bonchev–Trinajstić information content (AvgIpc) is 2.69. The lowest BCUT2D eigenvalue weighted by molar-refractivity contribution is -0.123. The fraction of sp³-hybridized carbons (Fsp3) is 0.364. The highest BCUT2D eigenvalue weighted by atomic mass is 35.5. The Morgan fingerprint density at radius 1 is 1.10 bits per heavy atom. The van der Waals surface area contributed by atoms with Crippen LogP contribution in [0.15, 0.2) is 36.4 Å². The molecule has 0 aliphatic carbocycles. The Balaban J connectivity index is 1.99. The van der Waals surface area contributed by atoms with Crippen molar-refractivity contribution in [1.29, 1.82) is 0 Å². The lowest BCUT2D eigenvalue weighted by Gasteiger charge is -2.16. The van der Waals surface area contributed by atoms with Crippen molar-refractivity contribution in [3.63, 3.8) is 0 Å². The molecule has 0 saturated heterocycles. The van der Waals surface area contributed by atoms with Gasteiger partial charge in [0, 0.05) is 11.1 Å². The molecule has 1 atom stereocenters. The molecule has 0 aliphatic heterocycles. The van der Waals surface area contributed by atoms with Gasteiger partial charge in [-0.05, 0) is 57.0 Å². The summed E-state index contributed by atoms with van der Waals surface area (Å²) in [6.45, 7) is 7.70. The molecule has 0 aromatic heterocycles. The van der Waals surface area contributed by atoms with Crippen LogP contribution in [0.1, 0.15) is 42.3 Å². The van der Waals surface area contributed by atoms with Crippen molar-refractivity contribution in [2.45, 2.75) is 46.5 Å². The molecule has 1 N–H and O–H groups in total. The maximum Gasteiger partial charge on any atom is 0.338 e. The van der Waals surface area contributed by atoms with Crippen molar-refractivity contribution < 1.29 is 23.8 Å². The molecule has 0 fully saturated rings. The summed E-state index contributed by atoms with van der Waals surface area (Å²) in [6, 6.07) is 10.2. The van der Waals surface area contributed by atoms with Gasteiger partial charge in [-0.3, -0.25) is 4.79 Å². The number of methoxy groups -OCH3 is 1. The number of hydrogen-bond donors (Lipinski definition) is 1. The Kier molecular flexibility index (Phi) is 8.05. The summed E-state index contributed by atoms with van der Waals surface area (Å²) in [6.07, 6.45) is -0.866. The number of amides is 1. The number of carbonyl (C=O) groups is 2. The second-order valence-corrected chi connectivity index (χ2v) is 7.30. The van der Waals surface area contributed by atoms with Crippen LogP contribution in [0.25, 0.3) is 0 Å². The van der Waals surface area contributed by atoms with Crippen molar-refractivity contribution in [3.8, 4) is 5.75 Å². The van der Waals surface area contributed by atoms with Gasteiger partial charge in [-0.15, -0.1) is 0 Å². The van der Waals surface area contributed by atoms with Gasteiger partial charge in [0.15, 0.2) is 6.10 Å². The maximum absolute atomic E-state index is 12.5. The monoisotopic (exact) mass is 419 g/mol. The number of esters is 1. The van der Waals surface area contributed by atoms with Crippen LogP contribution in [-0.4, -0.2) is 31.2 Å². The van der Waals surface area contributed by atoms with Crippen LogP contribution in [0.5, 0.6) is 5.75 Å². The van der Waals surface area contributed by atoms with Gasteiger partial charge < -0.3 is 19.5 Å². The molecule has 2 aromatic rings. The summed E-state index contributed by atoms with van der Waals surface area (Å²) in [5.41, 5.74) is 2.55. The van der Waals surface area contributed by atoms with Gasteiger partial charge in [0.05, 0.1) is 31.1 Å². The lowest BCUT2D eigenvalue weighted by Crippen LogP contribution is -2.30. The van der Waals surface area contributed by atoms with Gasteiger partial charge >= 0.3 is 5.97 Å². The van der Waals surface area contributed by atoms with Crippen molar-refractivity contribution in [2.75, 3.05) is 12.4 Å². The Labute approximate surface area is 176 Å². The van der Waals surface area contributed by atoms with E-state index in [1.54, 1.807) is 36.4 Å². The number of aryl methyl sites for hydroxylation is 1. The molecule has 6 nitrogen and oxygen atoms in total. The number of hydrogen-bond acceptors (Lipinski definition) is 5. The van der Waals surface area contributed by atoms with E-state index in [1.807, 2.05) is 20.8 Å². The lowest BCUT2D eigenvalue weighted by atomic mass is 10.1. The average molecular weight is 420 g/mol. The normalized spacial score (nSPS) is 11.8. The summed E-state index contributed by atoms with van der Waals surface area (Å²) in [5.74, 6) is -0.629. The molecule has 0 heterocycles. The highest BCUT2D eigenvalue weighted by molar-refractivity contribution is 6.31. The fourth-order valence-electron chi connectivity index (χ4n) is 2.45. The van der Waals surface area contributed by atoms with Gasteiger partial charge in [-0.2, -0.15) is 0 Å². The zero-order valence-corrected chi connectivity index (χ0v) is 18.0. The summed E-state index contributed by atoms with van der Waals surface area (Å²) < 4.78 is 16.1. The van der Waals surface area contributed by atoms with Crippen molar-refractivity contribution in [2.24, 2.45) is 0 Å². The molecule has 156 valence electrons. The maximum atomic E-state index is 12.5. The van der Waals surface area contributed by atoms with Crippen molar-refractivity contribution >= 4 is 29.2 Å². The third-order valence-corrected chi connectivity index (χ3v) is 4.57. The minimum atomic E-state index is -0.993. The molecule has 0 aliphatic rings. The largest absolute Gasteiger partial charge is 0.495 e. The fourth-order valence-corrected chi connectivity index (χ4v) is 2.60. The highest BCUT2D eigenvalue weighted by Crippen LogP contribution is 2.31. The van der Waals surface area contributed by atoms with Gasteiger partial charge in [-0.1, -0.05) is 23.7 Å². The minimum absolute atomic E-state index is 0.127. The molecule has 1 amide bonds. The third kappa shape index (κ3) is 6.48. The first kappa shape index (κ1) is 22.7. The predicted octanol–water partition coefficient (Wildman–Crippen LogP) is 4.77. The zero-order valence-electron chi connectivity index (χ0n) is 17.2. The molecule has 0 unspecified atom stereocenters. The van der Waals surface area contributed by atoms with Crippen LogP contribution >= 0.6 is 11.6 Å². The van der Waals surface area contributed by atoms with E-state index in [1.165, 1.54) is 14.0 Å². The molecule has 7 heteroatoms. The van der Waals surface area contributed by atoms with Crippen LogP contribution in [0.4, 0.5) is 5.69 Å². The van der Waals surface area contributed by atoms with E-state index in [0.717, 1.165) is 11.1 Å². The first-order valence-corrected chi connectivity index (χ1v) is 9.65. The molecule has 29 heavy (non-hydrogen) atoms. The van der Waals surface area contributed by atoms with Crippen LogP contribution in [0.3, 0.4) is 0 Å². The SMILES string of the molecule is COc1cc(Cl)c(C)cc1NC(=O)[C@@H](C)OC(=O)c1ccc(COC(C)C)cc1. The molecule has 0 radical (unpaired) electrons. The van der Waals surface area contributed by atoms with Crippen LogP contribution in [0.2, 0.25) is 5.02 Å². The van der Waals surface area contributed by atoms with Gasteiger partial charge in [-0.25, -0.2) is 4.79 Å². The van der Waals surface area contributed by atoms with Gasteiger partial charge in [0.2, 0.25) is 0 Å². The topological polar surface area (TPSA) is 73.9 Å². The Morgan fingerprint density at radius 2 is 1.76 bits per heavy atom. The molecule has 2 rings (SSSR count). The molecule has 0 saturated carbocycles. The van der Waals surface area contributed by atoms with Crippen LogP contribution < -0.4 is 10.1 Å². The van der Waals surface area contributed by atoms with E-state index >= 15 is 0 Å². The van der Waals surface area contributed by atoms with Crippen LogP contribution in [0, 0.1) is 6.92 Å². The summed E-state index contributed by atoms with van der Waals surface area (Å²) >= 11 is 6.08. The number of carbonyl (C=O) groups excluding carboxylic acids is 2. The second-order valence-electron chi connectivity index (χ2n) is 6.90. The molecule has 0 bridgehead atoms. The van der Waals surface area contributed by atoms with Gasteiger partial charge in [0.25, 0.3) is 5.91 Å². The summed E-state index contributed by atoms with van der Waals surface area (Å²) in [5, 5.41) is 3.24. The van der Waals surface area contributed by atoms with Crippen molar-refractivity contribution in [3.05, 3.63) is 58.1 Å². The smallest absolute Gasteiger partial charge is 0.338 e. The Morgan fingerprint density at radius 3 is 2.34 bits per heavy atom. The number of benzene rings is 2. The van der Waals surface area contributed by atoms with Gasteiger partial charge in [0.1, 0.15) is 5.75 Å². The third-order valence-electron chi connectivity index (χ3n) is 4.16. The number of nitrogens with one attached hydrogen (secondary N) is 1. The summed E-state index contributed by atoms with van der Waals surface area (Å²) in [7, 11) is 1.48. The predicted molar refractivity (Wildman–Crippen MR) is 113 cm³/mol. The van der Waals surface area contributed by atoms with E-state index in [-0.39, 0.29) is 6.10 Å². The first-order valence-electron chi connectivity index (χ1n) is 9.27. The zero-order chi connectivity index (χ0) is 21.6. The number of anilines is 1.